The molecule has 2 aliphatic heterocycles. The quantitative estimate of drug-likeness (QED) is 0.738. The van der Waals surface area contributed by atoms with E-state index in [0.29, 0.717) is 57.0 Å². The summed E-state index contributed by atoms with van der Waals surface area (Å²) in [5, 5.41) is 0. The summed E-state index contributed by atoms with van der Waals surface area (Å²) in [4.78, 5) is 17.3. The van der Waals surface area contributed by atoms with E-state index in [4.69, 9.17) is 26.6 Å². The SMILES string of the molecule is C#C[C@H]1COCCN1c1nc(-c2cnc(N)cc2C(F)F)cc(N2CCOC[C@@H]2C)n1. The number of nitrogens with two attached hydrogens (primary N) is 1. The van der Waals surface area contributed by atoms with Crippen LogP contribution in [0.2, 0.25) is 0 Å². The van der Waals surface area contributed by atoms with Gasteiger partial charge in [0.2, 0.25) is 5.95 Å². The zero-order chi connectivity index (χ0) is 22.0. The summed E-state index contributed by atoms with van der Waals surface area (Å²) < 4.78 is 38.6. The van der Waals surface area contributed by atoms with Crippen molar-refractivity contribution in [2.45, 2.75) is 25.4 Å². The summed E-state index contributed by atoms with van der Waals surface area (Å²) in [5.41, 5.74) is 5.97. The van der Waals surface area contributed by atoms with Crippen LogP contribution >= 0.6 is 0 Å². The summed E-state index contributed by atoms with van der Waals surface area (Å²) in [5.74, 6) is 3.71. The lowest BCUT2D eigenvalue weighted by Gasteiger charge is -2.36. The molecule has 10 heteroatoms. The zero-order valence-corrected chi connectivity index (χ0v) is 17.2. The maximum Gasteiger partial charge on any atom is 0.264 e. The molecule has 2 aromatic heterocycles. The van der Waals surface area contributed by atoms with Crippen molar-refractivity contribution in [1.29, 1.82) is 0 Å². The van der Waals surface area contributed by atoms with Crippen LogP contribution in [0, 0.1) is 12.3 Å². The first kappa shape index (κ1) is 21.2. The van der Waals surface area contributed by atoms with Crippen molar-refractivity contribution in [2.75, 3.05) is 55.1 Å². The molecule has 0 unspecified atom stereocenters. The van der Waals surface area contributed by atoms with Crippen LogP contribution in [0.5, 0.6) is 0 Å². The highest BCUT2D eigenvalue weighted by molar-refractivity contribution is 5.69. The fraction of sp³-hybridized carbons (Fsp3) is 0.476. The molecule has 0 amide bonds. The number of halogens is 2. The van der Waals surface area contributed by atoms with E-state index in [0.717, 1.165) is 0 Å². The summed E-state index contributed by atoms with van der Waals surface area (Å²) >= 11 is 0. The molecule has 2 saturated heterocycles. The number of ether oxygens (including phenoxy) is 2. The lowest BCUT2D eigenvalue weighted by atomic mass is 10.1. The molecule has 8 nitrogen and oxygen atoms in total. The summed E-state index contributed by atoms with van der Waals surface area (Å²) in [6, 6.07) is 2.60. The van der Waals surface area contributed by atoms with Gasteiger partial charge in [0.15, 0.2) is 0 Å². The van der Waals surface area contributed by atoms with Gasteiger partial charge in [0.1, 0.15) is 17.7 Å². The van der Waals surface area contributed by atoms with Crippen LogP contribution in [0.25, 0.3) is 11.3 Å². The Morgan fingerprint density at radius 1 is 1.16 bits per heavy atom. The minimum Gasteiger partial charge on any atom is -0.384 e. The summed E-state index contributed by atoms with van der Waals surface area (Å²) in [7, 11) is 0. The topological polar surface area (TPSA) is 89.6 Å². The molecular weight excluding hydrogens is 406 g/mol. The number of nitrogen functional groups attached to an aromatic ring is 1. The zero-order valence-electron chi connectivity index (χ0n) is 17.2. The second-order valence-corrected chi connectivity index (χ2v) is 7.48. The van der Waals surface area contributed by atoms with Gasteiger partial charge in [-0.25, -0.2) is 18.7 Å². The molecule has 0 aromatic carbocycles. The Hall–Kier alpha value is -3.03. The molecule has 0 saturated carbocycles. The molecule has 4 rings (SSSR count). The number of rotatable bonds is 4. The Morgan fingerprint density at radius 3 is 2.61 bits per heavy atom. The van der Waals surface area contributed by atoms with Crippen molar-refractivity contribution >= 4 is 17.6 Å². The molecule has 4 heterocycles. The van der Waals surface area contributed by atoms with Crippen molar-refractivity contribution in [3.05, 3.63) is 23.9 Å². The van der Waals surface area contributed by atoms with Crippen LogP contribution in [0.15, 0.2) is 18.3 Å². The molecule has 2 N–H and O–H groups in total. The van der Waals surface area contributed by atoms with Gasteiger partial charge in [-0.05, 0) is 13.0 Å². The maximum absolute atomic E-state index is 13.8. The van der Waals surface area contributed by atoms with E-state index in [1.165, 1.54) is 12.3 Å². The molecule has 0 bridgehead atoms. The van der Waals surface area contributed by atoms with Gasteiger partial charge in [0, 0.05) is 36.5 Å². The van der Waals surface area contributed by atoms with Crippen molar-refractivity contribution in [1.82, 2.24) is 15.0 Å². The lowest BCUT2D eigenvalue weighted by Crippen LogP contribution is -2.47. The first-order valence-electron chi connectivity index (χ1n) is 10.1. The predicted molar refractivity (Wildman–Crippen MR) is 113 cm³/mol. The van der Waals surface area contributed by atoms with Crippen LogP contribution in [-0.2, 0) is 9.47 Å². The second kappa shape index (κ2) is 8.99. The van der Waals surface area contributed by atoms with Crippen LogP contribution in [0.3, 0.4) is 0 Å². The summed E-state index contributed by atoms with van der Waals surface area (Å²) in [6.45, 7) is 5.06. The molecular formula is C21H24F2N6O2. The monoisotopic (exact) mass is 430 g/mol. The molecule has 0 radical (unpaired) electrons. The minimum absolute atomic E-state index is 0.0240. The fourth-order valence-electron chi connectivity index (χ4n) is 3.77. The molecule has 0 aliphatic carbocycles. The Balaban J connectivity index is 1.85. The molecule has 31 heavy (non-hydrogen) atoms. The molecule has 164 valence electrons. The molecule has 0 spiro atoms. The van der Waals surface area contributed by atoms with Crippen LogP contribution in [0.4, 0.5) is 26.4 Å². The van der Waals surface area contributed by atoms with Gasteiger partial charge in [-0.1, -0.05) is 5.92 Å². The number of hydrogen-bond donors (Lipinski definition) is 1. The molecule has 2 fully saturated rings. The lowest BCUT2D eigenvalue weighted by molar-refractivity contribution is 0.0984. The molecule has 2 aromatic rings. The van der Waals surface area contributed by atoms with Crippen LogP contribution in [0.1, 0.15) is 18.9 Å². The summed E-state index contributed by atoms with van der Waals surface area (Å²) in [6.07, 6.45) is 4.28. The van der Waals surface area contributed by atoms with E-state index in [1.807, 2.05) is 11.8 Å². The smallest absolute Gasteiger partial charge is 0.264 e. The normalized spacial score (nSPS) is 21.9. The van der Waals surface area contributed by atoms with E-state index in [1.54, 1.807) is 6.07 Å². The minimum atomic E-state index is -2.73. The highest BCUT2D eigenvalue weighted by Gasteiger charge is 2.28. The number of terminal acetylenes is 1. The van der Waals surface area contributed by atoms with Crippen molar-refractivity contribution in [2.24, 2.45) is 0 Å². The Labute approximate surface area is 179 Å². The Morgan fingerprint density at radius 2 is 1.90 bits per heavy atom. The third-order valence-corrected chi connectivity index (χ3v) is 5.41. The predicted octanol–water partition coefficient (Wildman–Crippen LogP) is 2.12. The van der Waals surface area contributed by atoms with E-state index >= 15 is 0 Å². The first-order chi connectivity index (χ1) is 15.0. The molecule has 2 aliphatic rings. The highest BCUT2D eigenvalue weighted by Crippen LogP contribution is 2.34. The average Bonchev–Trinajstić information content (AvgIpc) is 2.79. The van der Waals surface area contributed by atoms with Gasteiger partial charge in [0.05, 0.1) is 38.2 Å². The Bertz CT molecular complexity index is 983. The van der Waals surface area contributed by atoms with E-state index in [2.05, 4.69) is 20.8 Å². The first-order valence-corrected chi connectivity index (χ1v) is 10.1. The van der Waals surface area contributed by atoms with Crippen molar-refractivity contribution in [3.63, 3.8) is 0 Å². The number of pyridine rings is 1. The number of aromatic nitrogens is 3. The molecule has 2 atom stereocenters. The number of alkyl halides is 2. The van der Waals surface area contributed by atoms with Crippen molar-refractivity contribution < 1.29 is 18.3 Å². The van der Waals surface area contributed by atoms with E-state index in [-0.39, 0.29) is 29.0 Å². The standard InChI is InChI=1S/C21H24F2N6O2/c1-3-14-12-31-7-5-29(14)21-26-17(16-10-25-18(24)8-15(16)20(22)23)9-19(27-21)28-4-6-30-11-13(28)2/h1,8-10,13-14,20H,4-7,11-12H2,2H3,(H2,24,25)/t13-,14-/m0/s1. The maximum atomic E-state index is 13.8. The Kier molecular flexibility index (Phi) is 6.15. The average molecular weight is 430 g/mol. The van der Waals surface area contributed by atoms with Crippen molar-refractivity contribution in [3.8, 4) is 23.6 Å². The van der Waals surface area contributed by atoms with E-state index in [9.17, 15) is 8.78 Å². The van der Waals surface area contributed by atoms with Gasteiger partial charge >= 0.3 is 0 Å². The van der Waals surface area contributed by atoms with Gasteiger partial charge in [0.25, 0.3) is 6.43 Å². The number of hydrogen-bond acceptors (Lipinski definition) is 8. The fourth-order valence-corrected chi connectivity index (χ4v) is 3.77. The number of nitrogens with zero attached hydrogens (tertiary/aromatic N) is 5. The largest absolute Gasteiger partial charge is 0.384 e. The van der Waals surface area contributed by atoms with Gasteiger partial charge in [-0.2, -0.15) is 4.98 Å². The van der Waals surface area contributed by atoms with Gasteiger partial charge in [-0.15, -0.1) is 6.42 Å². The third kappa shape index (κ3) is 4.38. The number of morpholine rings is 2. The van der Waals surface area contributed by atoms with Crippen LogP contribution < -0.4 is 15.5 Å². The van der Waals surface area contributed by atoms with Gasteiger partial charge < -0.3 is 25.0 Å². The highest BCUT2D eigenvalue weighted by atomic mass is 19.3. The third-order valence-electron chi connectivity index (χ3n) is 5.41. The van der Waals surface area contributed by atoms with Crippen LogP contribution in [-0.4, -0.2) is 66.6 Å². The van der Waals surface area contributed by atoms with Gasteiger partial charge in [-0.3, -0.25) is 0 Å². The second-order valence-electron chi connectivity index (χ2n) is 7.48. The number of anilines is 3. The van der Waals surface area contributed by atoms with E-state index < -0.39 is 6.43 Å².